The second-order valence-corrected chi connectivity index (χ2v) is 3.39. The van der Waals surface area contributed by atoms with E-state index in [1.165, 1.54) is 6.92 Å². The van der Waals surface area contributed by atoms with Gasteiger partial charge in [-0.05, 0) is 13.8 Å². The average Bonchev–Trinajstić information content (AvgIpc) is 1.85. The standard InChI is InChI=1S/C6H10O5S.Na/c1-3-5(12(9,10)11)6(8)4(2)7;/h3,7-8H,1-2H3,(H,9,10,11);/q;+1/p-1/b5-3+,6-4-;. The quantitative estimate of drug-likeness (QED) is 0.236. The van der Waals surface area contributed by atoms with Gasteiger partial charge in [-0.25, -0.2) is 8.42 Å². The molecule has 0 heterocycles. The van der Waals surface area contributed by atoms with Crippen LogP contribution in [0, 0.1) is 0 Å². The zero-order chi connectivity index (χ0) is 9.94. The van der Waals surface area contributed by atoms with Crippen LogP contribution in [0.15, 0.2) is 22.5 Å². The van der Waals surface area contributed by atoms with E-state index in [-0.39, 0.29) is 29.6 Å². The Balaban J connectivity index is 0. The van der Waals surface area contributed by atoms with Crippen LogP contribution in [0.3, 0.4) is 0 Å². The summed E-state index contributed by atoms with van der Waals surface area (Å²) in [6.45, 7) is 2.34. The van der Waals surface area contributed by atoms with Crippen LogP contribution in [0.5, 0.6) is 0 Å². The smallest absolute Gasteiger partial charge is 0.744 e. The Morgan fingerprint density at radius 3 is 1.85 bits per heavy atom. The third-order valence-electron chi connectivity index (χ3n) is 1.11. The Labute approximate surface area is 98.8 Å². The maximum absolute atomic E-state index is 10.4. The Morgan fingerprint density at radius 1 is 1.38 bits per heavy atom. The van der Waals surface area contributed by atoms with E-state index in [1.54, 1.807) is 0 Å². The van der Waals surface area contributed by atoms with Crippen molar-refractivity contribution >= 4 is 10.1 Å². The van der Waals surface area contributed by atoms with Crippen molar-refractivity contribution in [1.82, 2.24) is 0 Å². The average molecular weight is 216 g/mol. The number of rotatable bonds is 2. The molecule has 0 rings (SSSR count). The van der Waals surface area contributed by atoms with E-state index >= 15 is 0 Å². The van der Waals surface area contributed by atoms with Gasteiger partial charge in [-0.2, -0.15) is 0 Å². The molecule has 13 heavy (non-hydrogen) atoms. The van der Waals surface area contributed by atoms with E-state index in [0.717, 1.165) is 13.0 Å². The first-order valence-electron chi connectivity index (χ1n) is 3.02. The molecule has 0 aliphatic carbocycles. The number of hydrogen-bond acceptors (Lipinski definition) is 5. The van der Waals surface area contributed by atoms with Gasteiger partial charge in [-0.1, -0.05) is 6.08 Å². The van der Waals surface area contributed by atoms with Crippen LogP contribution in [-0.4, -0.2) is 23.2 Å². The minimum absolute atomic E-state index is 0. The van der Waals surface area contributed by atoms with Crippen molar-refractivity contribution in [3.8, 4) is 0 Å². The van der Waals surface area contributed by atoms with Gasteiger partial charge in [0.05, 0.1) is 4.91 Å². The molecule has 5 nitrogen and oxygen atoms in total. The molecule has 0 atom stereocenters. The van der Waals surface area contributed by atoms with Crippen LogP contribution in [0.1, 0.15) is 13.8 Å². The van der Waals surface area contributed by atoms with Crippen molar-refractivity contribution in [2.75, 3.05) is 0 Å². The van der Waals surface area contributed by atoms with Crippen molar-refractivity contribution < 1.29 is 52.7 Å². The van der Waals surface area contributed by atoms with Gasteiger partial charge < -0.3 is 14.8 Å². The summed E-state index contributed by atoms with van der Waals surface area (Å²) in [6, 6.07) is 0. The third-order valence-corrected chi connectivity index (χ3v) is 2.08. The van der Waals surface area contributed by atoms with Gasteiger partial charge in [0.15, 0.2) is 5.76 Å². The molecule has 0 amide bonds. The van der Waals surface area contributed by atoms with Crippen molar-refractivity contribution in [2.45, 2.75) is 13.8 Å². The zero-order valence-electron chi connectivity index (χ0n) is 7.60. The summed E-state index contributed by atoms with van der Waals surface area (Å²) in [5.41, 5.74) is 0. The molecule has 70 valence electrons. The molecule has 0 aromatic rings. The number of aliphatic hydroxyl groups excluding tert-OH is 2. The maximum Gasteiger partial charge on any atom is 1.00 e. The van der Waals surface area contributed by atoms with Crippen LogP contribution < -0.4 is 29.6 Å². The van der Waals surface area contributed by atoms with E-state index in [4.69, 9.17) is 10.2 Å². The summed E-state index contributed by atoms with van der Waals surface area (Å²) in [5.74, 6) is -1.52. The van der Waals surface area contributed by atoms with Gasteiger partial charge in [0.25, 0.3) is 0 Å². The first-order chi connectivity index (χ1) is 5.30. The van der Waals surface area contributed by atoms with Gasteiger partial charge >= 0.3 is 29.6 Å². The Hall–Kier alpha value is -0.0100. The van der Waals surface area contributed by atoms with Crippen LogP contribution in [-0.2, 0) is 10.1 Å². The normalized spacial score (nSPS) is 14.5. The van der Waals surface area contributed by atoms with Crippen molar-refractivity contribution in [3.63, 3.8) is 0 Å². The van der Waals surface area contributed by atoms with Crippen molar-refractivity contribution in [3.05, 3.63) is 22.5 Å². The van der Waals surface area contributed by atoms with Crippen LogP contribution in [0.25, 0.3) is 0 Å². The molecule has 0 fully saturated rings. The molecule has 0 aliphatic heterocycles. The Bertz CT molecular complexity index is 323. The van der Waals surface area contributed by atoms with Crippen molar-refractivity contribution in [1.29, 1.82) is 0 Å². The SMILES string of the molecule is C/C=C(\C(O)=C(/C)O)S(=O)(=O)[O-].[Na+]. The van der Waals surface area contributed by atoms with Gasteiger partial charge in [-0.3, -0.25) is 0 Å². The second-order valence-electron chi connectivity index (χ2n) is 2.04. The minimum Gasteiger partial charge on any atom is -0.744 e. The zero-order valence-corrected chi connectivity index (χ0v) is 10.4. The molecule has 0 saturated heterocycles. The molecule has 7 heteroatoms. The fourth-order valence-electron chi connectivity index (χ4n) is 0.578. The number of hydrogen-bond donors (Lipinski definition) is 2. The topological polar surface area (TPSA) is 97.7 Å². The van der Waals surface area contributed by atoms with Crippen LogP contribution >= 0.6 is 0 Å². The van der Waals surface area contributed by atoms with E-state index in [1.807, 2.05) is 0 Å². The summed E-state index contributed by atoms with van der Waals surface area (Å²) in [7, 11) is -4.72. The molecule has 0 aromatic carbocycles. The minimum atomic E-state index is -4.72. The van der Waals surface area contributed by atoms with Gasteiger partial charge in [0, 0.05) is 0 Å². The summed E-state index contributed by atoms with van der Waals surface area (Å²) in [4.78, 5) is -0.817. The van der Waals surface area contributed by atoms with Gasteiger partial charge in [0.1, 0.15) is 15.9 Å². The molecular weight excluding hydrogens is 207 g/mol. The molecule has 0 saturated carbocycles. The largest absolute Gasteiger partial charge is 1.00 e. The van der Waals surface area contributed by atoms with Crippen molar-refractivity contribution in [2.24, 2.45) is 0 Å². The van der Waals surface area contributed by atoms with Gasteiger partial charge in [-0.15, -0.1) is 0 Å². The third kappa shape index (κ3) is 4.68. The monoisotopic (exact) mass is 216 g/mol. The molecule has 0 aliphatic rings. The van der Waals surface area contributed by atoms with Gasteiger partial charge in [0.2, 0.25) is 0 Å². The fourth-order valence-corrected chi connectivity index (χ4v) is 1.25. The second kappa shape index (κ2) is 5.66. The predicted molar refractivity (Wildman–Crippen MR) is 41.4 cm³/mol. The molecule has 2 N–H and O–H groups in total. The van der Waals surface area contributed by atoms with E-state index < -0.39 is 26.5 Å². The molecule has 0 unspecified atom stereocenters. The van der Waals surface area contributed by atoms with Crippen LogP contribution in [0.2, 0.25) is 0 Å². The fraction of sp³-hybridized carbons (Fsp3) is 0.333. The molecule has 0 radical (unpaired) electrons. The molecule has 0 spiro atoms. The number of aliphatic hydroxyl groups is 2. The summed E-state index contributed by atoms with van der Waals surface area (Å²) < 4.78 is 31.1. The first kappa shape index (κ1) is 15.5. The number of allylic oxidation sites excluding steroid dienone is 2. The Morgan fingerprint density at radius 2 is 1.77 bits per heavy atom. The maximum atomic E-state index is 10.4. The predicted octanol–water partition coefficient (Wildman–Crippen LogP) is -2.21. The Kier molecular flexibility index (Phi) is 6.74. The van der Waals surface area contributed by atoms with E-state index in [0.29, 0.717) is 0 Å². The first-order valence-corrected chi connectivity index (χ1v) is 4.43. The molecular formula is C6H9NaO5S. The van der Waals surface area contributed by atoms with E-state index in [2.05, 4.69) is 0 Å². The summed E-state index contributed by atoms with van der Waals surface area (Å²) in [6.07, 6.45) is 0.914. The van der Waals surface area contributed by atoms with E-state index in [9.17, 15) is 13.0 Å². The summed E-state index contributed by atoms with van der Waals surface area (Å²) >= 11 is 0. The summed E-state index contributed by atoms with van der Waals surface area (Å²) in [5, 5.41) is 17.6. The molecule has 0 aromatic heterocycles. The van der Waals surface area contributed by atoms with Crippen LogP contribution in [0.4, 0.5) is 0 Å². The molecule has 0 bridgehead atoms.